The van der Waals surface area contributed by atoms with E-state index in [1.165, 1.54) is 5.56 Å². The van der Waals surface area contributed by atoms with Gasteiger partial charge in [0.25, 0.3) is 0 Å². The summed E-state index contributed by atoms with van der Waals surface area (Å²) >= 11 is 0. The minimum Gasteiger partial charge on any atom is -0.493 e. The summed E-state index contributed by atoms with van der Waals surface area (Å²) in [7, 11) is 4.90. The van der Waals surface area contributed by atoms with Crippen LogP contribution in [0.15, 0.2) is 12.1 Å². The van der Waals surface area contributed by atoms with Crippen LogP contribution in [0, 0.1) is 5.92 Å². The maximum atomic E-state index is 5.68. The zero-order chi connectivity index (χ0) is 12.4. The van der Waals surface area contributed by atoms with Crippen molar-refractivity contribution in [3.05, 3.63) is 17.7 Å². The Hall–Kier alpha value is -1.42. The lowest BCUT2D eigenvalue weighted by Gasteiger charge is -2.15. The Morgan fingerprint density at radius 1 is 1.12 bits per heavy atom. The molecule has 4 heteroatoms. The molecular formula is C13H19NO3. The quantitative estimate of drug-likeness (QED) is 0.848. The zero-order valence-electron chi connectivity index (χ0n) is 10.5. The molecule has 1 aromatic carbocycles. The molecule has 1 fully saturated rings. The first-order valence-electron chi connectivity index (χ1n) is 5.75. The third kappa shape index (κ3) is 2.05. The van der Waals surface area contributed by atoms with Crippen molar-refractivity contribution < 1.29 is 14.2 Å². The third-order valence-electron chi connectivity index (χ3n) is 3.36. The highest BCUT2D eigenvalue weighted by atomic mass is 16.5. The van der Waals surface area contributed by atoms with Gasteiger partial charge in [0.2, 0.25) is 5.75 Å². The fraction of sp³-hybridized carbons (Fsp3) is 0.538. The largest absolute Gasteiger partial charge is 0.493 e. The van der Waals surface area contributed by atoms with E-state index in [4.69, 9.17) is 19.9 Å². The van der Waals surface area contributed by atoms with E-state index < -0.39 is 0 Å². The summed E-state index contributed by atoms with van der Waals surface area (Å²) in [5.41, 5.74) is 6.85. The first-order chi connectivity index (χ1) is 8.26. The second kappa shape index (κ2) is 4.84. The monoisotopic (exact) mass is 237 g/mol. The fourth-order valence-electron chi connectivity index (χ4n) is 2.31. The first kappa shape index (κ1) is 12.0. The zero-order valence-corrected chi connectivity index (χ0v) is 10.5. The van der Waals surface area contributed by atoms with Crippen LogP contribution in [0.25, 0.3) is 0 Å². The van der Waals surface area contributed by atoms with Crippen molar-refractivity contribution in [2.75, 3.05) is 27.9 Å². The molecule has 0 unspecified atom stereocenters. The molecule has 4 nitrogen and oxygen atoms in total. The van der Waals surface area contributed by atoms with Crippen molar-refractivity contribution in [1.29, 1.82) is 0 Å². The summed E-state index contributed by atoms with van der Waals surface area (Å²) in [6, 6.07) is 3.96. The van der Waals surface area contributed by atoms with E-state index in [1.807, 2.05) is 12.1 Å². The molecule has 1 saturated carbocycles. The lowest BCUT2D eigenvalue weighted by atomic mass is 10.1. The highest BCUT2D eigenvalue weighted by Crippen LogP contribution is 2.53. The molecule has 0 aliphatic heterocycles. The number of rotatable bonds is 5. The van der Waals surface area contributed by atoms with Crippen molar-refractivity contribution >= 4 is 0 Å². The van der Waals surface area contributed by atoms with Crippen LogP contribution in [-0.4, -0.2) is 27.9 Å². The van der Waals surface area contributed by atoms with Gasteiger partial charge in [-0.2, -0.15) is 0 Å². The van der Waals surface area contributed by atoms with Gasteiger partial charge in [0, 0.05) is 5.56 Å². The summed E-state index contributed by atoms with van der Waals surface area (Å²) in [6.07, 6.45) is 1.13. The SMILES string of the molecule is COc1ccc([C@@H]2C[C@H]2CN)c(OC)c1OC. The van der Waals surface area contributed by atoms with Crippen LogP contribution < -0.4 is 19.9 Å². The highest BCUT2D eigenvalue weighted by molar-refractivity contribution is 5.57. The van der Waals surface area contributed by atoms with Crippen LogP contribution in [0.3, 0.4) is 0 Å². The summed E-state index contributed by atoms with van der Waals surface area (Å²) in [6.45, 7) is 0.724. The van der Waals surface area contributed by atoms with Crippen LogP contribution in [-0.2, 0) is 0 Å². The molecule has 2 atom stereocenters. The second-order valence-corrected chi connectivity index (χ2v) is 4.26. The maximum absolute atomic E-state index is 5.68. The van der Waals surface area contributed by atoms with E-state index in [9.17, 15) is 0 Å². The van der Waals surface area contributed by atoms with Crippen LogP contribution in [0.2, 0.25) is 0 Å². The van der Waals surface area contributed by atoms with Crippen molar-refractivity contribution in [3.63, 3.8) is 0 Å². The number of benzene rings is 1. The lowest BCUT2D eigenvalue weighted by Crippen LogP contribution is -2.03. The Kier molecular flexibility index (Phi) is 3.43. The molecule has 17 heavy (non-hydrogen) atoms. The molecular weight excluding hydrogens is 218 g/mol. The maximum Gasteiger partial charge on any atom is 0.203 e. The molecule has 2 N–H and O–H groups in total. The predicted molar refractivity (Wildman–Crippen MR) is 66.0 cm³/mol. The number of hydrogen-bond acceptors (Lipinski definition) is 4. The molecule has 1 aliphatic rings. The Morgan fingerprint density at radius 3 is 2.29 bits per heavy atom. The van der Waals surface area contributed by atoms with Gasteiger partial charge in [-0.3, -0.25) is 0 Å². The van der Waals surface area contributed by atoms with E-state index >= 15 is 0 Å². The number of hydrogen-bond donors (Lipinski definition) is 1. The van der Waals surface area contributed by atoms with Crippen LogP contribution in [0.1, 0.15) is 17.9 Å². The van der Waals surface area contributed by atoms with Crippen LogP contribution in [0.4, 0.5) is 0 Å². The molecule has 1 aliphatic carbocycles. The van der Waals surface area contributed by atoms with Gasteiger partial charge in [-0.1, -0.05) is 6.07 Å². The molecule has 0 spiro atoms. The molecule has 1 aromatic rings. The summed E-state index contributed by atoms with van der Waals surface area (Å²) in [5, 5.41) is 0. The van der Waals surface area contributed by atoms with Crippen molar-refractivity contribution in [1.82, 2.24) is 0 Å². The first-order valence-corrected chi connectivity index (χ1v) is 5.75. The van der Waals surface area contributed by atoms with Gasteiger partial charge in [-0.25, -0.2) is 0 Å². The van der Waals surface area contributed by atoms with Crippen LogP contribution in [0.5, 0.6) is 17.2 Å². The third-order valence-corrected chi connectivity index (χ3v) is 3.36. The predicted octanol–water partition coefficient (Wildman–Crippen LogP) is 1.77. The van der Waals surface area contributed by atoms with Gasteiger partial charge >= 0.3 is 0 Å². The summed E-state index contributed by atoms with van der Waals surface area (Å²) in [4.78, 5) is 0. The van der Waals surface area contributed by atoms with Crippen LogP contribution >= 0.6 is 0 Å². The molecule has 0 heterocycles. The van der Waals surface area contributed by atoms with Gasteiger partial charge in [-0.15, -0.1) is 0 Å². The normalized spacial score (nSPS) is 22.1. The second-order valence-electron chi connectivity index (χ2n) is 4.26. The standard InChI is InChI=1S/C13H19NO3/c1-15-11-5-4-9(10-6-8(10)7-14)12(16-2)13(11)17-3/h4-5,8,10H,6-7,14H2,1-3H3/t8-,10+/m0/s1. The van der Waals surface area contributed by atoms with E-state index in [0.717, 1.165) is 18.7 Å². The molecule has 94 valence electrons. The Balaban J connectivity index is 2.40. The Labute approximate surface area is 102 Å². The molecule has 0 amide bonds. The van der Waals surface area contributed by atoms with E-state index in [1.54, 1.807) is 21.3 Å². The highest BCUT2D eigenvalue weighted by Gasteiger charge is 2.39. The van der Waals surface area contributed by atoms with Gasteiger partial charge in [0.15, 0.2) is 11.5 Å². The molecule has 0 saturated heterocycles. The smallest absolute Gasteiger partial charge is 0.203 e. The minimum absolute atomic E-state index is 0.495. The molecule has 2 rings (SSSR count). The van der Waals surface area contributed by atoms with Gasteiger partial charge in [0.05, 0.1) is 21.3 Å². The van der Waals surface area contributed by atoms with Gasteiger partial charge in [0.1, 0.15) is 0 Å². The fourth-order valence-corrected chi connectivity index (χ4v) is 2.31. The number of ether oxygens (including phenoxy) is 3. The minimum atomic E-state index is 0.495. The average Bonchev–Trinajstić information content (AvgIpc) is 3.15. The lowest BCUT2D eigenvalue weighted by molar-refractivity contribution is 0.322. The van der Waals surface area contributed by atoms with Crippen molar-refractivity contribution in [2.45, 2.75) is 12.3 Å². The van der Waals surface area contributed by atoms with Gasteiger partial charge < -0.3 is 19.9 Å². The molecule has 0 aromatic heterocycles. The number of nitrogens with two attached hydrogens (primary N) is 1. The number of methoxy groups -OCH3 is 3. The average molecular weight is 237 g/mol. The van der Waals surface area contributed by atoms with Gasteiger partial charge in [-0.05, 0) is 30.9 Å². The topological polar surface area (TPSA) is 53.7 Å². The summed E-state index contributed by atoms with van der Waals surface area (Å²) < 4.78 is 16.1. The molecule has 0 bridgehead atoms. The van der Waals surface area contributed by atoms with Crippen molar-refractivity contribution in [3.8, 4) is 17.2 Å². The molecule has 0 radical (unpaired) electrons. The van der Waals surface area contributed by atoms with E-state index in [2.05, 4.69) is 0 Å². The Morgan fingerprint density at radius 2 is 1.82 bits per heavy atom. The van der Waals surface area contributed by atoms with Crippen molar-refractivity contribution in [2.24, 2.45) is 11.7 Å². The summed E-state index contributed by atoms with van der Waals surface area (Å²) in [5.74, 6) is 3.19. The Bertz CT molecular complexity index is 406. The van der Waals surface area contributed by atoms with E-state index in [0.29, 0.717) is 23.3 Å². The van der Waals surface area contributed by atoms with E-state index in [-0.39, 0.29) is 0 Å².